The molecular formula is C14H16Br2Te. The van der Waals surface area contributed by atoms with Gasteiger partial charge >= 0.3 is 0 Å². The van der Waals surface area contributed by atoms with Crippen molar-refractivity contribution in [3.8, 4) is 0 Å². The van der Waals surface area contributed by atoms with E-state index < -0.39 is 0 Å². The van der Waals surface area contributed by atoms with Crippen molar-refractivity contribution < 1.29 is 0 Å². The first-order valence-corrected chi connectivity index (χ1v) is 5.03. The summed E-state index contributed by atoms with van der Waals surface area (Å²) in [5.41, 5.74) is 2.83. The number of halogens is 2. The maximum atomic E-state index is 2.18. The predicted octanol–water partition coefficient (Wildman–Crippen LogP) is 4.25. The first-order chi connectivity index (χ1) is 6.95. The average Bonchev–Trinajstić information content (AvgIpc) is 2.29. The van der Waals surface area contributed by atoms with Gasteiger partial charge in [0.25, 0.3) is 0 Å². The van der Waals surface area contributed by atoms with E-state index in [2.05, 4.69) is 60.7 Å². The Morgan fingerprint density at radius 3 is 1.12 bits per heavy atom. The quantitative estimate of drug-likeness (QED) is 0.588. The molecule has 0 saturated carbocycles. The third-order valence-corrected chi connectivity index (χ3v) is 2.39. The molecule has 0 fully saturated rings. The third kappa shape index (κ3) is 7.26. The minimum Gasteiger partial charge on any atom is -0.114 e. The smallest absolute Gasteiger partial charge is 0 e. The van der Waals surface area contributed by atoms with Crippen LogP contribution in [0.15, 0.2) is 60.7 Å². The zero-order chi connectivity index (χ0) is 9.64. The second kappa shape index (κ2) is 11.3. The molecule has 0 bridgehead atoms. The number of hydrogen-bond donors (Lipinski definition) is 0. The number of rotatable bonds is 3. The Morgan fingerprint density at radius 1 is 0.529 bits per heavy atom. The molecule has 0 amide bonds. The fraction of sp³-hybridized carbons (Fsp3) is 0.143. The Kier molecular flexibility index (Phi) is 13.0. The molecule has 0 saturated heterocycles. The van der Waals surface area contributed by atoms with Crippen LogP contribution in [0.1, 0.15) is 11.1 Å². The molecule has 0 aliphatic heterocycles. The summed E-state index contributed by atoms with van der Waals surface area (Å²) in [4.78, 5) is 0. The van der Waals surface area contributed by atoms with E-state index in [0.717, 1.165) is 12.8 Å². The average molecular weight is 472 g/mol. The molecule has 0 heterocycles. The third-order valence-electron chi connectivity index (χ3n) is 2.39. The minimum atomic E-state index is 0. The van der Waals surface area contributed by atoms with Gasteiger partial charge in [-0.1, -0.05) is 60.7 Å². The van der Waals surface area contributed by atoms with Crippen molar-refractivity contribution in [1.29, 1.82) is 0 Å². The van der Waals surface area contributed by atoms with Crippen LogP contribution in [0.3, 0.4) is 0 Å². The van der Waals surface area contributed by atoms with E-state index in [1.165, 1.54) is 11.1 Å². The first kappa shape index (κ1) is 19.5. The summed E-state index contributed by atoms with van der Waals surface area (Å²) in [6.45, 7) is 0. The Morgan fingerprint density at radius 2 is 0.824 bits per heavy atom. The van der Waals surface area contributed by atoms with Gasteiger partial charge in [-0.15, -0.1) is 34.0 Å². The van der Waals surface area contributed by atoms with Crippen molar-refractivity contribution in [3.05, 3.63) is 71.8 Å². The van der Waals surface area contributed by atoms with Crippen molar-refractivity contribution in [1.82, 2.24) is 0 Å². The van der Waals surface area contributed by atoms with Crippen LogP contribution in [0.2, 0.25) is 0 Å². The summed E-state index contributed by atoms with van der Waals surface area (Å²) in [5.74, 6) is 0. The normalized spacial score (nSPS) is 8.24. The zero-order valence-electron chi connectivity index (χ0n) is 9.41. The van der Waals surface area contributed by atoms with Crippen molar-refractivity contribution >= 4 is 57.6 Å². The molecule has 0 atom stereocenters. The van der Waals surface area contributed by atoms with Crippen LogP contribution in [-0.4, -0.2) is 23.7 Å². The fourth-order valence-electron chi connectivity index (χ4n) is 1.58. The van der Waals surface area contributed by atoms with E-state index in [4.69, 9.17) is 0 Å². The van der Waals surface area contributed by atoms with E-state index in [0.29, 0.717) is 0 Å². The second-order valence-corrected chi connectivity index (χ2v) is 3.47. The van der Waals surface area contributed by atoms with Crippen molar-refractivity contribution in [2.75, 3.05) is 0 Å². The summed E-state index contributed by atoms with van der Waals surface area (Å²) < 4.78 is 0. The van der Waals surface area contributed by atoms with Gasteiger partial charge in [0.15, 0.2) is 0 Å². The van der Waals surface area contributed by atoms with Gasteiger partial charge in [0.05, 0.1) is 0 Å². The molecule has 0 aliphatic carbocycles. The van der Waals surface area contributed by atoms with E-state index in [9.17, 15) is 0 Å². The fourth-order valence-corrected chi connectivity index (χ4v) is 1.58. The Bertz CT molecular complexity index is 336. The number of aryl methyl sites for hydroxylation is 2. The summed E-state index contributed by atoms with van der Waals surface area (Å²) in [6.07, 6.45) is 2.26. The van der Waals surface area contributed by atoms with Gasteiger partial charge in [-0.25, -0.2) is 0 Å². The van der Waals surface area contributed by atoms with Gasteiger partial charge in [0, 0.05) is 23.7 Å². The molecular weight excluding hydrogens is 456 g/mol. The molecule has 2 radical (unpaired) electrons. The van der Waals surface area contributed by atoms with Gasteiger partial charge in [-0.3, -0.25) is 0 Å². The van der Waals surface area contributed by atoms with Crippen molar-refractivity contribution in [2.45, 2.75) is 12.8 Å². The number of hydrogen-bond acceptors (Lipinski definition) is 0. The van der Waals surface area contributed by atoms with Crippen LogP contribution in [0.5, 0.6) is 0 Å². The topological polar surface area (TPSA) is 0 Å². The molecule has 0 aromatic heterocycles. The van der Waals surface area contributed by atoms with Crippen molar-refractivity contribution in [3.63, 3.8) is 0 Å². The van der Waals surface area contributed by atoms with E-state index >= 15 is 0 Å². The summed E-state index contributed by atoms with van der Waals surface area (Å²) >= 11 is 0. The molecule has 0 spiro atoms. The summed E-state index contributed by atoms with van der Waals surface area (Å²) in [7, 11) is 0. The number of benzene rings is 2. The molecule has 0 unspecified atom stereocenters. The summed E-state index contributed by atoms with van der Waals surface area (Å²) in [5, 5.41) is 0. The molecule has 3 heteroatoms. The second-order valence-electron chi connectivity index (χ2n) is 3.47. The Labute approximate surface area is 141 Å². The first-order valence-electron chi connectivity index (χ1n) is 5.03. The maximum absolute atomic E-state index is 2.18. The van der Waals surface area contributed by atoms with Crippen LogP contribution in [0.25, 0.3) is 0 Å². The van der Waals surface area contributed by atoms with E-state index in [-0.39, 0.29) is 57.6 Å². The van der Waals surface area contributed by atoms with E-state index in [1.54, 1.807) is 0 Å². The molecule has 92 valence electrons. The van der Waals surface area contributed by atoms with Crippen molar-refractivity contribution in [2.24, 2.45) is 0 Å². The molecule has 2 rings (SSSR count). The Balaban J connectivity index is 0. The molecule has 17 heavy (non-hydrogen) atoms. The van der Waals surface area contributed by atoms with Gasteiger partial charge in [0.2, 0.25) is 0 Å². The largest absolute Gasteiger partial charge is 0.114 e. The molecule has 2 aromatic carbocycles. The molecule has 2 aromatic rings. The van der Waals surface area contributed by atoms with Gasteiger partial charge in [-0.2, -0.15) is 0 Å². The SMILES string of the molecule is Br.Br.[Te].c1ccc(CCc2ccccc2)cc1. The zero-order valence-corrected chi connectivity index (χ0v) is 15.2. The van der Waals surface area contributed by atoms with Gasteiger partial charge in [-0.05, 0) is 24.0 Å². The molecule has 0 nitrogen and oxygen atoms in total. The summed E-state index contributed by atoms with van der Waals surface area (Å²) in [6, 6.07) is 21.2. The van der Waals surface area contributed by atoms with Crippen LogP contribution >= 0.6 is 34.0 Å². The van der Waals surface area contributed by atoms with Gasteiger partial charge < -0.3 is 0 Å². The minimum absolute atomic E-state index is 0. The van der Waals surface area contributed by atoms with Crippen LogP contribution < -0.4 is 0 Å². The van der Waals surface area contributed by atoms with E-state index in [1.807, 2.05) is 0 Å². The Hall–Kier alpha value is 0.190. The van der Waals surface area contributed by atoms with Crippen LogP contribution in [-0.2, 0) is 12.8 Å². The monoisotopic (exact) mass is 472 g/mol. The maximum Gasteiger partial charge on any atom is 0 e. The predicted molar refractivity (Wildman–Crippen MR) is 86.7 cm³/mol. The van der Waals surface area contributed by atoms with Crippen LogP contribution in [0.4, 0.5) is 0 Å². The van der Waals surface area contributed by atoms with Crippen LogP contribution in [0, 0.1) is 0 Å². The van der Waals surface area contributed by atoms with Gasteiger partial charge in [0.1, 0.15) is 0 Å². The molecule has 0 aliphatic rings. The molecule has 0 N–H and O–H groups in total. The standard InChI is InChI=1S/C14H14.2BrH.Te/c1-3-7-13(8-4-1)11-12-14-9-5-2-6-10-14;;;/h1-10H,11-12H2;2*1H;.